The molecule has 0 radical (unpaired) electrons. The number of hydrogen-bond donors (Lipinski definition) is 0. The second-order valence-electron chi connectivity index (χ2n) is 4.19. The van der Waals surface area contributed by atoms with Crippen molar-refractivity contribution >= 4 is 34.6 Å². The Balaban J connectivity index is 1.94. The topological polar surface area (TPSA) is 59.5 Å². The summed E-state index contributed by atoms with van der Waals surface area (Å²) in [6, 6.07) is 1.95. The van der Waals surface area contributed by atoms with E-state index in [-0.39, 0.29) is 18.2 Å². The number of hydrogen-bond acceptors (Lipinski definition) is 6. The summed E-state index contributed by atoms with van der Waals surface area (Å²) in [5.74, 6) is -0.755. The van der Waals surface area contributed by atoms with E-state index in [9.17, 15) is 9.59 Å². The number of likely N-dealkylation sites (N-methyl/N-ethyl adjacent to an activating group) is 1. The van der Waals surface area contributed by atoms with Gasteiger partial charge in [0.2, 0.25) is 0 Å². The molecular formula is C14H16N2O3S2. The maximum atomic E-state index is 11.9. The molecule has 2 aromatic rings. The Morgan fingerprint density at radius 1 is 1.29 bits per heavy atom. The van der Waals surface area contributed by atoms with Crippen LogP contribution in [-0.4, -0.2) is 41.5 Å². The van der Waals surface area contributed by atoms with Gasteiger partial charge in [0.15, 0.2) is 12.3 Å². The number of aromatic nitrogens is 1. The molecule has 0 unspecified atom stereocenters. The number of thiazole rings is 1. The van der Waals surface area contributed by atoms with Crippen molar-refractivity contribution < 1.29 is 14.3 Å². The van der Waals surface area contributed by atoms with Crippen LogP contribution in [0.1, 0.15) is 24.3 Å². The van der Waals surface area contributed by atoms with E-state index in [2.05, 4.69) is 4.98 Å². The van der Waals surface area contributed by atoms with E-state index in [0.29, 0.717) is 13.1 Å². The first-order valence-electron chi connectivity index (χ1n) is 6.58. The Hall–Kier alpha value is -1.73. The molecule has 112 valence electrons. The zero-order valence-corrected chi connectivity index (χ0v) is 13.5. The van der Waals surface area contributed by atoms with Crippen LogP contribution in [0.25, 0.3) is 10.6 Å². The predicted octanol–water partition coefficient (Wildman–Crippen LogP) is 2.90. The third-order valence-corrected chi connectivity index (χ3v) is 4.50. The molecule has 0 aliphatic heterocycles. The molecule has 0 atom stereocenters. The van der Waals surface area contributed by atoms with E-state index >= 15 is 0 Å². The van der Waals surface area contributed by atoms with Crippen molar-refractivity contribution in [2.45, 2.75) is 13.8 Å². The Morgan fingerprint density at radius 3 is 2.67 bits per heavy atom. The van der Waals surface area contributed by atoms with E-state index in [1.165, 1.54) is 11.3 Å². The second-order valence-corrected chi connectivity index (χ2v) is 5.83. The third-order valence-electron chi connectivity index (χ3n) is 2.92. The fraction of sp³-hybridized carbons (Fsp3) is 0.357. The van der Waals surface area contributed by atoms with Gasteiger partial charge in [-0.1, -0.05) is 0 Å². The van der Waals surface area contributed by atoms with Crippen LogP contribution in [0, 0.1) is 0 Å². The molecule has 0 aliphatic carbocycles. The van der Waals surface area contributed by atoms with Crippen LogP contribution >= 0.6 is 22.7 Å². The number of thiophene rings is 1. The molecule has 0 saturated heterocycles. The van der Waals surface area contributed by atoms with Crippen LogP contribution in [0.15, 0.2) is 22.2 Å². The summed E-state index contributed by atoms with van der Waals surface area (Å²) in [6.45, 7) is 4.73. The summed E-state index contributed by atoms with van der Waals surface area (Å²) in [7, 11) is 0. The van der Waals surface area contributed by atoms with Crippen molar-refractivity contribution in [1.29, 1.82) is 0 Å². The number of ether oxygens (including phenoxy) is 1. The number of carbonyl (C=O) groups excluding carboxylic acids is 2. The Kier molecular flexibility index (Phi) is 5.46. The largest absolute Gasteiger partial charge is 0.451 e. The molecule has 0 aromatic carbocycles. The molecule has 2 heterocycles. The van der Waals surface area contributed by atoms with Crippen molar-refractivity contribution in [3.8, 4) is 10.6 Å². The second kappa shape index (κ2) is 7.33. The number of carbonyl (C=O) groups is 2. The minimum atomic E-state index is -0.562. The zero-order valence-electron chi connectivity index (χ0n) is 11.9. The third kappa shape index (κ3) is 3.89. The monoisotopic (exact) mass is 324 g/mol. The van der Waals surface area contributed by atoms with Gasteiger partial charge in [0.05, 0.1) is 0 Å². The average molecular weight is 324 g/mol. The lowest BCUT2D eigenvalue weighted by Crippen LogP contribution is -2.34. The summed E-state index contributed by atoms with van der Waals surface area (Å²) in [5, 5.41) is 6.35. The van der Waals surface area contributed by atoms with E-state index < -0.39 is 5.97 Å². The molecule has 2 rings (SSSR count). The lowest BCUT2D eigenvalue weighted by molar-refractivity contribution is -0.134. The van der Waals surface area contributed by atoms with Gasteiger partial charge >= 0.3 is 5.97 Å². The normalized spacial score (nSPS) is 10.4. The zero-order chi connectivity index (χ0) is 15.2. The molecule has 0 saturated carbocycles. The van der Waals surface area contributed by atoms with Gasteiger partial charge in [-0.15, -0.1) is 11.3 Å². The Bertz CT molecular complexity index is 604. The molecular weight excluding hydrogens is 308 g/mol. The molecule has 0 aliphatic rings. The standard InChI is InChI=1S/C14H16N2O3S2/c1-3-16(4-2)12(17)7-19-14(18)11-9-21-13(15-11)10-5-6-20-8-10/h5-6,8-9H,3-4,7H2,1-2H3. The van der Waals surface area contributed by atoms with Gasteiger partial charge < -0.3 is 9.64 Å². The lowest BCUT2D eigenvalue weighted by Gasteiger charge is -2.17. The van der Waals surface area contributed by atoms with Crippen molar-refractivity contribution in [3.63, 3.8) is 0 Å². The first-order valence-corrected chi connectivity index (χ1v) is 8.41. The molecule has 1 amide bonds. The van der Waals surface area contributed by atoms with Gasteiger partial charge in [0.1, 0.15) is 5.01 Å². The number of esters is 1. The molecule has 0 N–H and O–H groups in total. The van der Waals surface area contributed by atoms with Crippen LogP contribution in [0.3, 0.4) is 0 Å². The Morgan fingerprint density at radius 2 is 2.05 bits per heavy atom. The number of amides is 1. The van der Waals surface area contributed by atoms with Gasteiger partial charge in [-0.3, -0.25) is 4.79 Å². The van der Waals surface area contributed by atoms with Gasteiger partial charge in [-0.25, -0.2) is 9.78 Å². The fourth-order valence-corrected chi connectivity index (χ4v) is 3.26. The van der Waals surface area contributed by atoms with E-state index in [0.717, 1.165) is 10.6 Å². The SMILES string of the molecule is CCN(CC)C(=O)COC(=O)c1csc(-c2ccsc2)n1. The van der Waals surface area contributed by atoms with E-state index in [1.54, 1.807) is 21.6 Å². The van der Waals surface area contributed by atoms with Gasteiger partial charge in [0.25, 0.3) is 5.91 Å². The average Bonchev–Trinajstić information content (AvgIpc) is 3.16. The van der Waals surface area contributed by atoms with Crippen molar-refractivity contribution in [1.82, 2.24) is 9.88 Å². The molecule has 2 aromatic heterocycles. The molecule has 5 nitrogen and oxygen atoms in total. The summed E-state index contributed by atoms with van der Waals surface area (Å²) in [6.07, 6.45) is 0. The molecule has 21 heavy (non-hydrogen) atoms. The summed E-state index contributed by atoms with van der Waals surface area (Å²) in [4.78, 5) is 29.5. The van der Waals surface area contributed by atoms with Gasteiger partial charge in [-0.05, 0) is 25.3 Å². The van der Waals surface area contributed by atoms with E-state index in [4.69, 9.17) is 4.74 Å². The smallest absolute Gasteiger partial charge is 0.358 e. The molecule has 7 heteroatoms. The summed E-state index contributed by atoms with van der Waals surface area (Å²) >= 11 is 2.96. The maximum absolute atomic E-state index is 11.9. The van der Waals surface area contributed by atoms with Crippen LogP contribution in [0.5, 0.6) is 0 Å². The highest BCUT2D eigenvalue weighted by Crippen LogP contribution is 2.25. The fourth-order valence-electron chi connectivity index (χ4n) is 1.76. The van der Waals surface area contributed by atoms with Gasteiger partial charge in [0, 0.05) is 29.4 Å². The highest BCUT2D eigenvalue weighted by molar-refractivity contribution is 7.14. The Labute approximate surface area is 131 Å². The predicted molar refractivity (Wildman–Crippen MR) is 83.6 cm³/mol. The highest BCUT2D eigenvalue weighted by Gasteiger charge is 2.17. The van der Waals surface area contributed by atoms with E-state index in [1.807, 2.05) is 30.7 Å². The van der Waals surface area contributed by atoms with Crippen LogP contribution in [0.4, 0.5) is 0 Å². The minimum absolute atomic E-state index is 0.193. The maximum Gasteiger partial charge on any atom is 0.358 e. The molecule has 0 bridgehead atoms. The van der Waals surface area contributed by atoms with Gasteiger partial charge in [-0.2, -0.15) is 11.3 Å². The van der Waals surface area contributed by atoms with Crippen molar-refractivity contribution in [3.05, 3.63) is 27.9 Å². The van der Waals surface area contributed by atoms with Crippen LogP contribution in [0.2, 0.25) is 0 Å². The lowest BCUT2D eigenvalue weighted by atomic mass is 10.3. The quantitative estimate of drug-likeness (QED) is 0.767. The summed E-state index contributed by atoms with van der Waals surface area (Å²) in [5.41, 5.74) is 1.23. The number of nitrogens with zero attached hydrogens (tertiary/aromatic N) is 2. The minimum Gasteiger partial charge on any atom is -0.451 e. The summed E-state index contributed by atoms with van der Waals surface area (Å²) < 4.78 is 5.02. The highest BCUT2D eigenvalue weighted by atomic mass is 32.1. The van der Waals surface area contributed by atoms with Crippen molar-refractivity contribution in [2.75, 3.05) is 19.7 Å². The van der Waals surface area contributed by atoms with Crippen LogP contribution in [-0.2, 0) is 9.53 Å². The first-order chi connectivity index (χ1) is 10.2. The first kappa shape index (κ1) is 15.7. The van der Waals surface area contributed by atoms with Crippen molar-refractivity contribution in [2.24, 2.45) is 0 Å². The molecule has 0 spiro atoms. The molecule has 0 fully saturated rings. The number of rotatable bonds is 6. The van der Waals surface area contributed by atoms with Crippen LogP contribution < -0.4 is 0 Å².